The summed E-state index contributed by atoms with van der Waals surface area (Å²) in [5.74, 6) is 2.23. The lowest BCUT2D eigenvalue weighted by atomic mass is 9.90. The topological polar surface area (TPSA) is 72.4 Å². The van der Waals surface area contributed by atoms with E-state index in [2.05, 4.69) is 12.1 Å². The largest absolute Gasteiger partial charge is 0.361 e. The van der Waals surface area contributed by atoms with Crippen LogP contribution in [0.5, 0.6) is 0 Å². The molecule has 0 aliphatic carbocycles. The van der Waals surface area contributed by atoms with E-state index < -0.39 is 0 Å². The molecule has 0 radical (unpaired) electrons. The van der Waals surface area contributed by atoms with E-state index >= 15 is 0 Å². The molecule has 1 atom stereocenters. The van der Waals surface area contributed by atoms with Crippen LogP contribution in [0, 0.1) is 19.8 Å². The number of rotatable bonds is 5. The van der Waals surface area contributed by atoms with E-state index in [0.29, 0.717) is 5.92 Å². The standard InChI is InChI=1S/C20H27N3O2S/c1-13(21)16-8-10-23(11-9-16)20(24)17-6-4-5-7-19(17)26-12-18-14(2)22-25-15(18)3/h4-7,13,16H,8-12,21H2,1-3H3. The van der Waals surface area contributed by atoms with E-state index in [1.165, 1.54) is 0 Å². The fourth-order valence-corrected chi connectivity index (χ4v) is 4.62. The molecular weight excluding hydrogens is 346 g/mol. The number of nitrogens with zero attached hydrogens (tertiary/aromatic N) is 2. The summed E-state index contributed by atoms with van der Waals surface area (Å²) in [7, 11) is 0. The number of piperidine rings is 1. The Bertz CT molecular complexity index is 745. The molecule has 1 fully saturated rings. The molecule has 2 aromatic rings. The van der Waals surface area contributed by atoms with Crippen LogP contribution in [0.4, 0.5) is 0 Å². The van der Waals surface area contributed by atoms with Gasteiger partial charge in [0.15, 0.2) is 0 Å². The molecule has 1 amide bonds. The second-order valence-electron chi connectivity index (χ2n) is 7.08. The number of aryl methyl sites for hydroxylation is 2. The van der Waals surface area contributed by atoms with Crippen LogP contribution in [0.25, 0.3) is 0 Å². The van der Waals surface area contributed by atoms with Crippen LogP contribution in [-0.4, -0.2) is 35.1 Å². The van der Waals surface area contributed by atoms with Crippen molar-refractivity contribution in [3.63, 3.8) is 0 Å². The first-order valence-corrected chi connectivity index (χ1v) is 10.1. The van der Waals surface area contributed by atoms with Gasteiger partial charge in [-0.25, -0.2) is 0 Å². The third kappa shape index (κ3) is 4.13. The van der Waals surface area contributed by atoms with Gasteiger partial charge in [-0.1, -0.05) is 17.3 Å². The quantitative estimate of drug-likeness (QED) is 0.808. The molecule has 2 heterocycles. The minimum atomic E-state index is 0.120. The highest BCUT2D eigenvalue weighted by atomic mass is 32.2. The Kier molecular flexibility index (Phi) is 6.04. The fraction of sp³-hybridized carbons (Fsp3) is 0.500. The molecule has 0 bridgehead atoms. The van der Waals surface area contributed by atoms with Crippen LogP contribution in [0.2, 0.25) is 0 Å². The Morgan fingerprint density at radius 2 is 2.04 bits per heavy atom. The highest BCUT2D eigenvalue weighted by Gasteiger charge is 2.26. The smallest absolute Gasteiger partial charge is 0.254 e. The molecule has 1 aromatic carbocycles. The Morgan fingerprint density at radius 1 is 1.35 bits per heavy atom. The number of nitrogens with two attached hydrogens (primary N) is 1. The predicted octanol–water partition coefficient (Wildman–Crippen LogP) is 3.78. The van der Waals surface area contributed by atoms with Gasteiger partial charge in [0.25, 0.3) is 5.91 Å². The molecule has 0 spiro atoms. The summed E-state index contributed by atoms with van der Waals surface area (Å²) in [6, 6.07) is 8.06. The van der Waals surface area contributed by atoms with Gasteiger partial charge in [-0.2, -0.15) is 0 Å². The van der Waals surface area contributed by atoms with Gasteiger partial charge < -0.3 is 15.2 Å². The summed E-state index contributed by atoms with van der Waals surface area (Å²) < 4.78 is 5.24. The van der Waals surface area contributed by atoms with E-state index in [4.69, 9.17) is 10.3 Å². The molecule has 1 saturated heterocycles. The van der Waals surface area contributed by atoms with Gasteiger partial charge >= 0.3 is 0 Å². The van der Waals surface area contributed by atoms with Crippen LogP contribution >= 0.6 is 11.8 Å². The van der Waals surface area contributed by atoms with E-state index in [-0.39, 0.29) is 11.9 Å². The van der Waals surface area contributed by atoms with Crippen molar-refractivity contribution in [1.82, 2.24) is 10.1 Å². The molecule has 1 aliphatic rings. The van der Waals surface area contributed by atoms with Gasteiger partial charge in [0.2, 0.25) is 0 Å². The summed E-state index contributed by atoms with van der Waals surface area (Å²) in [4.78, 5) is 16.0. The van der Waals surface area contributed by atoms with Crippen LogP contribution in [-0.2, 0) is 5.75 Å². The Labute approximate surface area is 159 Å². The van der Waals surface area contributed by atoms with E-state index in [0.717, 1.165) is 59.2 Å². The van der Waals surface area contributed by atoms with Crippen molar-refractivity contribution < 1.29 is 9.32 Å². The van der Waals surface area contributed by atoms with Gasteiger partial charge in [0.1, 0.15) is 5.76 Å². The maximum Gasteiger partial charge on any atom is 0.254 e. The van der Waals surface area contributed by atoms with Gasteiger partial charge in [-0.3, -0.25) is 4.79 Å². The Hall–Kier alpha value is -1.79. The van der Waals surface area contributed by atoms with Crippen molar-refractivity contribution in [2.24, 2.45) is 11.7 Å². The number of thioether (sulfide) groups is 1. The zero-order chi connectivity index (χ0) is 18.7. The van der Waals surface area contributed by atoms with Gasteiger partial charge in [-0.15, -0.1) is 11.8 Å². The van der Waals surface area contributed by atoms with Crippen molar-refractivity contribution in [3.05, 3.63) is 46.8 Å². The molecule has 6 heteroatoms. The number of amides is 1. The third-order valence-corrected chi connectivity index (χ3v) is 6.34. The lowest BCUT2D eigenvalue weighted by Gasteiger charge is -2.34. The van der Waals surface area contributed by atoms with Crippen LogP contribution in [0.15, 0.2) is 33.7 Å². The predicted molar refractivity (Wildman–Crippen MR) is 104 cm³/mol. The van der Waals surface area contributed by atoms with Gasteiger partial charge in [0.05, 0.1) is 11.3 Å². The maximum absolute atomic E-state index is 13.0. The molecule has 1 unspecified atom stereocenters. The third-order valence-electron chi connectivity index (χ3n) is 5.24. The molecule has 0 saturated carbocycles. The summed E-state index contributed by atoms with van der Waals surface area (Å²) in [6.07, 6.45) is 1.97. The number of likely N-dealkylation sites (tertiary alicyclic amines) is 1. The summed E-state index contributed by atoms with van der Waals surface area (Å²) in [6.45, 7) is 7.51. The first-order chi connectivity index (χ1) is 12.5. The van der Waals surface area contributed by atoms with E-state index in [1.807, 2.05) is 43.0 Å². The highest BCUT2D eigenvalue weighted by Crippen LogP contribution is 2.30. The second kappa shape index (κ2) is 8.27. The number of hydrogen-bond acceptors (Lipinski definition) is 5. The number of hydrogen-bond donors (Lipinski definition) is 1. The molecular formula is C20H27N3O2S. The molecule has 1 aliphatic heterocycles. The van der Waals surface area contributed by atoms with Crippen molar-refractivity contribution in [2.45, 2.75) is 50.3 Å². The highest BCUT2D eigenvalue weighted by molar-refractivity contribution is 7.98. The fourth-order valence-electron chi connectivity index (χ4n) is 3.43. The normalized spacial score (nSPS) is 16.7. The number of carbonyl (C=O) groups is 1. The zero-order valence-electron chi connectivity index (χ0n) is 15.7. The van der Waals surface area contributed by atoms with E-state index in [1.54, 1.807) is 11.8 Å². The zero-order valence-corrected chi connectivity index (χ0v) is 16.5. The maximum atomic E-state index is 13.0. The lowest BCUT2D eigenvalue weighted by molar-refractivity contribution is 0.0677. The Morgan fingerprint density at radius 3 is 2.65 bits per heavy atom. The minimum absolute atomic E-state index is 0.120. The first-order valence-electron chi connectivity index (χ1n) is 9.15. The average molecular weight is 374 g/mol. The Balaban J connectivity index is 1.70. The SMILES string of the molecule is Cc1noc(C)c1CSc1ccccc1C(=O)N1CCC(C(C)N)CC1. The molecule has 26 heavy (non-hydrogen) atoms. The van der Waals surface area contributed by atoms with Gasteiger partial charge in [-0.05, 0) is 51.7 Å². The van der Waals surface area contributed by atoms with Crippen LogP contribution in [0.3, 0.4) is 0 Å². The molecule has 1 aromatic heterocycles. The second-order valence-corrected chi connectivity index (χ2v) is 8.09. The first kappa shape index (κ1) is 19.0. The monoisotopic (exact) mass is 373 g/mol. The van der Waals surface area contributed by atoms with Crippen molar-refractivity contribution in [1.29, 1.82) is 0 Å². The number of aromatic nitrogens is 1. The summed E-state index contributed by atoms with van der Waals surface area (Å²) in [5, 5.41) is 4.01. The van der Waals surface area contributed by atoms with Crippen LogP contribution in [0.1, 0.15) is 47.1 Å². The average Bonchev–Trinajstić information content (AvgIpc) is 2.97. The number of benzene rings is 1. The van der Waals surface area contributed by atoms with Crippen molar-refractivity contribution in [3.8, 4) is 0 Å². The number of carbonyl (C=O) groups excluding carboxylic acids is 1. The molecule has 3 rings (SSSR count). The van der Waals surface area contributed by atoms with Crippen molar-refractivity contribution >= 4 is 17.7 Å². The summed E-state index contributed by atoms with van der Waals surface area (Å²) in [5.41, 5.74) is 8.82. The van der Waals surface area contributed by atoms with Gasteiger partial charge in [0, 0.05) is 35.3 Å². The molecule has 140 valence electrons. The lowest BCUT2D eigenvalue weighted by Crippen LogP contribution is -2.42. The van der Waals surface area contributed by atoms with Crippen molar-refractivity contribution in [2.75, 3.05) is 13.1 Å². The summed E-state index contributed by atoms with van der Waals surface area (Å²) >= 11 is 1.66. The molecule has 2 N–H and O–H groups in total. The molecule has 5 nitrogen and oxygen atoms in total. The van der Waals surface area contributed by atoms with Crippen LogP contribution < -0.4 is 5.73 Å². The minimum Gasteiger partial charge on any atom is -0.361 e. The van der Waals surface area contributed by atoms with E-state index in [9.17, 15) is 4.79 Å².